The minimum atomic E-state index is -0.630. The number of phenolic OH excluding ortho intramolecular Hbond substituents is 1. The number of aromatic nitrogens is 3. The van der Waals surface area contributed by atoms with E-state index in [2.05, 4.69) is 15.4 Å². The van der Waals surface area contributed by atoms with Crippen LogP contribution in [0, 0.1) is 5.82 Å². The standard InChI is InChI=1S/C23H16ClFN4O2S/c24-19-15(8-5-11-18(19)30)21-26-17-10-4-2-7-14(17)20-22(31)27-23(28-29(20)21)32-12-13-6-1-3-9-16(13)25/h1-11,21H,12H2,(H2,27,28,30,31)/p+1/t21-/m0/s1. The number of hydrogen-bond donors (Lipinski definition) is 3. The molecule has 1 atom stereocenters. The van der Waals surface area contributed by atoms with Gasteiger partial charge in [-0.25, -0.2) is 4.39 Å². The molecule has 4 aromatic rings. The summed E-state index contributed by atoms with van der Waals surface area (Å²) in [5.74, 6) is -0.0739. The fraction of sp³-hybridized carbons (Fsp3) is 0.0870. The highest BCUT2D eigenvalue weighted by Gasteiger charge is 2.39. The predicted octanol–water partition coefficient (Wildman–Crippen LogP) is 4.49. The second-order valence-corrected chi connectivity index (χ2v) is 8.55. The zero-order valence-corrected chi connectivity index (χ0v) is 18.1. The summed E-state index contributed by atoms with van der Waals surface area (Å²) in [6, 6.07) is 18.8. The van der Waals surface area contributed by atoms with Crippen molar-refractivity contribution in [2.75, 3.05) is 5.32 Å². The minimum Gasteiger partial charge on any atom is -0.506 e. The third kappa shape index (κ3) is 3.61. The Balaban J connectivity index is 1.62. The molecule has 32 heavy (non-hydrogen) atoms. The number of phenols is 1. The fourth-order valence-corrected chi connectivity index (χ4v) is 4.74. The van der Waals surface area contributed by atoms with Crippen LogP contribution in [0.4, 0.5) is 10.1 Å². The van der Waals surface area contributed by atoms with Crippen LogP contribution in [0.2, 0.25) is 5.02 Å². The zero-order chi connectivity index (χ0) is 22.2. The molecule has 1 aromatic heterocycles. The molecule has 1 aliphatic heterocycles. The molecule has 0 bridgehead atoms. The lowest BCUT2D eigenvalue weighted by Gasteiger charge is -2.23. The molecule has 0 unspecified atom stereocenters. The van der Waals surface area contributed by atoms with Crippen molar-refractivity contribution in [3.05, 3.63) is 99.1 Å². The van der Waals surface area contributed by atoms with Crippen molar-refractivity contribution < 1.29 is 14.2 Å². The normalized spacial score (nSPS) is 14.4. The van der Waals surface area contributed by atoms with Crippen LogP contribution in [0.5, 0.6) is 5.75 Å². The fourth-order valence-electron chi connectivity index (χ4n) is 3.67. The number of nitrogens with zero attached hydrogens (tertiary/aromatic N) is 2. The van der Waals surface area contributed by atoms with Crippen molar-refractivity contribution in [1.82, 2.24) is 10.1 Å². The van der Waals surface area contributed by atoms with Gasteiger partial charge in [0.1, 0.15) is 11.6 Å². The van der Waals surface area contributed by atoms with E-state index in [1.54, 1.807) is 35.0 Å². The number of thioether (sulfide) groups is 1. The second kappa shape index (κ2) is 8.29. The molecule has 9 heteroatoms. The molecule has 0 spiro atoms. The van der Waals surface area contributed by atoms with Crippen molar-refractivity contribution in [2.24, 2.45) is 0 Å². The van der Waals surface area contributed by atoms with Crippen LogP contribution in [0.25, 0.3) is 11.3 Å². The van der Waals surface area contributed by atoms with Gasteiger partial charge in [-0.3, -0.25) is 9.78 Å². The van der Waals surface area contributed by atoms with E-state index in [4.69, 9.17) is 11.6 Å². The Kier molecular flexibility index (Phi) is 5.32. The number of halogens is 2. The maximum atomic E-state index is 14.0. The average molecular weight is 468 g/mol. The number of anilines is 1. The lowest BCUT2D eigenvalue weighted by Crippen LogP contribution is -2.55. The topological polar surface area (TPSA) is 81.9 Å². The zero-order valence-electron chi connectivity index (χ0n) is 16.5. The Bertz CT molecular complexity index is 1390. The van der Waals surface area contributed by atoms with E-state index in [0.717, 1.165) is 5.69 Å². The average Bonchev–Trinajstić information content (AvgIpc) is 2.80. The Morgan fingerprint density at radius 2 is 1.88 bits per heavy atom. The molecule has 0 aliphatic carbocycles. The number of fused-ring (bicyclic) bond motifs is 3. The third-order valence-corrected chi connectivity index (χ3v) is 6.53. The smallest absolute Gasteiger partial charge is 0.325 e. The molecule has 2 heterocycles. The van der Waals surface area contributed by atoms with Crippen LogP contribution in [-0.4, -0.2) is 15.2 Å². The molecule has 1 aliphatic rings. The summed E-state index contributed by atoms with van der Waals surface area (Å²) in [5.41, 5.74) is 2.55. The van der Waals surface area contributed by atoms with Crippen molar-refractivity contribution in [3.63, 3.8) is 0 Å². The number of hydrogen-bond acceptors (Lipinski definition) is 5. The Morgan fingerprint density at radius 3 is 2.72 bits per heavy atom. The summed E-state index contributed by atoms with van der Waals surface area (Å²) in [4.78, 5) is 15.9. The number of aromatic hydroxyl groups is 1. The van der Waals surface area contributed by atoms with E-state index < -0.39 is 6.17 Å². The van der Waals surface area contributed by atoms with Crippen molar-refractivity contribution in [2.45, 2.75) is 17.1 Å². The van der Waals surface area contributed by atoms with E-state index in [1.807, 2.05) is 24.3 Å². The number of nitrogens with one attached hydrogen (secondary N) is 2. The number of rotatable bonds is 4. The van der Waals surface area contributed by atoms with Gasteiger partial charge < -0.3 is 10.4 Å². The van der Waals surface area contributed by atoms with Gasteiger partial charge in [0.2, 0.25) is 5.16 Å². The number of para-hydroxylation sites is 1. The highest BCUT2D eigenvalue weighted by atomic mass is 35.5. The first-order valence-corrected chi connectivity index (χ1v) is 11.1. The molecule has 5 rings (SSSR count). The lowest BCUT2D eigenvalue weighted by atomic mass is 10.0. The minimum absolute atomic E-state index is 0.0639. The van der Waals surface area contributed by atoms with Crippen LogP contribution in [-0.2, 0) is 5.75 Å². The highest BCUT2D eigenvalue weighted by Crippen LogP contribution is 2.36. The van der Waals surface area contributed by atoms with Crippen molar-refractivity contribution >= 4 is 29.1 Å². The molecular weight excluding hydrogens is 451 g/mol. The molecule has 0 amide bonds. The SMILES string of the molecule is O=c1[nH]c(SCc2ccccc2F)n[n+]2c1-c1ccccc1N[C@@H]2c1cccc(O)c1Cl. The van der Waals surface area contributed by atoms with E-state index in [-0.39, 0.29) is 22.1 Å². The number of H-pyrrole nitrogens is 1. The monoisotopic (exact) mass is 467 g/mol. The first-order chi connectivity index (χ1) is 15.5. The quantitative estimate of drug-likeness (QED) is 0.304. The predicted molar refractivity (Wildman–Crippen MR) is 121 cm³/mol. The maximum Gasteiger partial charge on any atom is 0.325 e. The van der Waals surface area contributed by atoms with Crippen molar-refractivity contribution in [1.29, 1.82) is 0 Å². The number of benzene rings is 3. The van der Waals surface area contributed by atoms with E-state index in [1.165, 1.54) is 23.9 Å². The first kappa shape index (κ1) is 20.5. The molecule has 3 N–H and O–H groups in total. The van der Waals surface area contributed by atoms with Gasteiger partial charge in [-0.2, -0.15) is 0 Å². The van der Waals surface area contributed by atoms with Gasteiger partial charge in [-0.1, -0.05) is 59.8 Å². The lowest BCUT2D eigenvalue weighted by molar-refractivity contribution is -0.759. The van der Waals surface area contributed by atoms with E-state index in [9.17, 15) is 14.3 Å². The molecule has 0 saturated heterocycles. The summed E-state index contributed by atoms with van der Waals surface area (Å²) >= 11 is 7.62. The Hall–Kier alpha value is -3.36. The molecule has 6 nitrogen and oxygen atoms in total. The van der Waals surface area contributed by atoms with Crippen LogP contribution >= 0.6 is 23.4 Å². The van der Waals surface area contributed by atoms with Gasteiger partial charge in [-0.15, -0.1) is 0 Å². The van der Waals surface area contributed by atoms with Crippen LogP contribution in [0.1, 0.15) is 17.3 Å². The van der Waals surface area contributed by atoms with Crippen molar-refractivity contribution in [3.8, 4) is 17.0 Å². The summed E-state index contributed by atoms with van der Waals surface area (Å²) in [7, 11) is 0. The van der Waals surface area contributed by atoms with Gasteiger partial charge in [0.05, 0.1) is 21.8 Å². The van der Waals surface area contributed by atoms with Gasteiger partial charge in [0.25, 0.3) is 6.17 Å². The third-order valence-electron chi connectivity index (χ3n) is 5.21. The molecular formula is C23H17ClFN4O2S+. The highest BCUT2D eigenvalue weighted by molar-refractivity contribution is 7.98. The maximum absolute atomic E-state index is 14.0. The largest absolute Gasteiger partial charge is 0.506 e. The van der Waals surface area contributed by atoms with E-state index >= 15 is 0 Å². The summed E-state index contributed by atoms with van der Waals surface area (Å²) in [6.45, 7) is 0. The molecule has 0 radical (unpaired) electrons. The Labute approximate surface area is 191 Å². The molecule has 0 saturated carbocycles. The molecule has 3 aromatic carbocycles. The van der Waals surface area contributed by atoms with Crippen LogP contribution < -0.4 is 15.6 Å². The van der Waals surface area contributed by atoms with Gasteiger partial charge >= 0.3 is 11.3 Å². The molecule has 160 valence electrons. The molecule has 0 fully saturated rings. The second-order valence-electron chi connectivity index (χ2n) is 7.21. The van der Waals surface area contributed by atoms with Gasteiger partial charge in [0, 0.05) is 10.9 Å². The van der Waals surface area contributed by atoms with Crippen LogP contribution in [0.15, 0.2) is 76.7 Å². The van der Waals surface area contributed by atoms with Crippen LogP contribution in [0.3, 0.4) is 0 Å². The summed E-state index contributed by atoms with van der Waals surface area (Å²) in [5, 5.41) is 18.6. The summed E-state index contributed by atoms with van der Waals surface area (Å²) < 4.78 is 15.6. The first-order valence-electron chi connectivity index (χ1n) is 9.78. The van der Waals surface area contributed by atoms with E-state index in [0.29, 0.717) is 33.3 Å². The van der Waals surface area contributed by atoms with Gasteiger partial charge in [0.15, 0.2) is 0 Å². The summed E-state index contributed by atoms with van der Waals surface area (Å²) in [6.07, 6.45) is -0.630. The number of aromatic amines is 1. The van der Waals surface area contributed by atoms with Gasteiger partial charge in [-0.05, 0) is 40.6 Å². The Morgan fingerprint density at radius 1 is 1.09 bits per heavy atom.